The van der Waals surface area contributed by atoms with E-state index in [1.165, 1.54) is 55.5 Å². The molecule has 0 amide bonds. The molecular weight excluding hydrogens is 364 g/mol. The van der Waals surface area contributed by atoms with Gasteiger partial charge in [-0.25, -0.2) is 9.59 Å². The van der Waals surface area contributed by atoms with E-state index in [0.29, 0.717) is 0 Å². The maximum atomic E-state index is 12.4. The van der Waals surface area contributed by atoms with Gasteiger partial charge in [0.05, 0.1) is 0 Å². The molecule has 0 radical (unpaired) electrons. The molecule has 0 fully saturated rings. The van der Waals surface area contributed by atoms with Crippen molar-refractivity contribution in [2.45, 2.75) is 20.0 Å². The van der Waals surface area contributed by atoms with Gasteiger partial charge in [-0.2, -0.15) is 0 Å². The zero-order valence-electron chi connectivity index (χ0n) is 15.3. The van der Waals surface area contributed by atoms with Crippen LogP contribution in [0.25, 0.3) is 0 Å². The summed E-state index contributed by atoms with van der Waals surface area (Å²) in [6.45, 7) is 6.08. The van der Waals surface area contributed by atoms with Crippen molar-refractivity contribution in [3.05, 3.63) is 71.8 Å². The smallest absolute Gasteiger partial charge is 0.379 e. The minimum Gasteiger partial charge on any atom is -0.423 e. The first-order valence-electron chi connectivity index (χ1n) is 8.21. The molecule has 144 valence electrons. The molecule has 1 atom stereocenters. The van der Waals surface area contributed by atoms with Gasteiger partial charge in [0.15, 0.2) is 5.78 Å². The number of ether oxygens (including phenoxy) is 2. The standard InChI is InChI=1S/C21H18O7/c1-12(2)20(25)27-16-8-4-14(5-9-16)18(23)19(24)15-6-10-17(11-7-15)28-21(26)13(3)22/h4-11,19,24H,1H2,2-3H3. The first kappa shape index (κ1) is 20.7. The number of carbonyl (C=O) groups is 4. The highest BCUT2D eigenvalue weighted by Crippen LogP contribution is 2.23. The lowest BCUT2D eigenvalue weighted by molar-refractivity contribution is -0.146. The summed E-state index contributed by atoms with van der Waals surface area (Å²) < 4.78 is 9.85. The Labute approximate surface area is 161 Å². The van der Waals surface area contributed by atoms with E-state index in [4.69, 9.17) is 9.47 Å². The van der Waals surface area contributed by atoms with Gasteiger partial charge in [0.2, 0.25) is 5.78 Å². The summed E-state index contributed by atoms with van der Waals surface area (Å²) in [5, 5.41) is 10.3. The van der Waals surface area contributed by atoms with E-state index in [2.05, 4.69) is 6.58 Å². The van der Waals surface area contributed by atoms with E-state index < -0.39 is 29.6 Å². The van der Waals surface area contributed by atoms with E-state index in [0.717, 1.165) is 6.92 Å². The molecule has 7 nitrogen and oxygen atoms in total. The first-order chi connectivity index (χ1) is 13.2. The van der Waals surface area contributed by atoms with Gasteiger partial charge >= 0.3 is 11.9 Å². The molecule has 0 aliphatic carbocycles. The Morgan fingerprint density at radius 1 is 0.821 bits per heavy atom. The number of benzene rings is 2. The van der Waals surface area contributed by atoms with Crippen molar-refractivity contribution < 1.29 is 33.8 Å². The summed E-state index contributed by atoms with van der Waals surface area (Å²) in [6, 6.07) is 11.3. The average Bonchev–Trinajstić information content (AvgIpc) is 2.67. The van der Waals surface area contributed by atoms with E-state index in [1.807, 2.05) is 0 Å². The molecule has 0 spiro atoms. The van der Waals surface area contributed by atoms with Crippen LogP contribution in [0.15, 0.2) is 60.7 Å². The van der Waals surface area contributed by atoms with Crippen molar-refractivity contribution in [3.8, 4) is 11.5 Å². The zero-order chi connectivity index (χ0) is 20.8. The van der Waals surface area contributed by atoms with E-state index in [1.54, 1.807) is 0 Å². The van der Waals surface area contributed by atoms with E-state index in [-0.39, 0.29) is 28.2 Å². The van der Waals surface area contributed by atoms with Crippen LogP contribution >= 0.6 is 0 Å². The molecule has 0 aliphatic rings. The molecule has 1 unspecified atom stereocenters. The van der Waals surface area contributed by atoms with Crippen molar-refractivity contribution in [2.75, 3.05) is 0 Å². The van der Waals surface area contributed by atoms with Gasteiger partial charge in [0.25, 0.3) is 0 Å². The Morgan fingerprint density at radius 3 is 1.75 bits per heavy atom. The fourth-order valence-corrected chi connectivity index (χ4v) is 2.09. The van der Waals surface area contributed by atoms with Gasteiger partial charge in [-0.1, -0.05) is 18.7 Å². The molecular formula is C21H18O7. The van der Waals surface area contributed by atoms with Gasteiger partial charge in [0.1, 0.15) is 17.6 Å². The summed E-state index contributed by atoms with van der Waals surface area (Å²) in [7, 11) is 0. The number of esters is 2. The van der Waals surface area contributed by atoms with Crippen LogP contribution in [0.1, 0.15) is 35.9 Å². The number of ketones is 2. The predicted octanol–water partition coefficient (Wildman–Crippen LogP) is 2.58. The van der Waals surface area contributed by atoms with Crippen LogP contribution in [0, 0.1) is 0 Å². The fraction of sp³-hybridized carbons (Fsp3) is 0.143. The van der Waals surface area contributed by atoms with Crippen LogP contribution < -0.4 is 9.47 Å². The quantitative estimate of drug-likeness (QED) is 0.258. The van der Waals surface area contributed by atoms with E-state index >= 15 is 0 Å². The molecule has 2 rings (SSSR count). The third-order valence-electron chi connectivity index (χ3n) is 3.64. The Bertz CT molecular complexity index is 924. The molecule has 0 saturated carbocycles. The minimum atomic E-state index is -1.44. The SMILES string of the molecule is C=C(C)C(=O)Oc1ccc(C(=O)C(O)c2ccc(OC(=O)C(C)=O)cc2)cc1. The number of hydrogen-bond donors (Lipinski definition) is 1. The lowest BCUT2D eigenvalue weighted by Gasteiger charge is -2.11. The molecule has 0 heterocycles. The molecule has 2 aromatic carbocycles. The highest BCUT2D eigenvalue weighted by molar-refractivity contribution is 6.33. The van der Waals surface area contributed by atoms with Crippen LogP contribution in [-0.2, 0) is 14.4 Å². The van der Waals surface area contributed by atoms with Gasteiger partial charge in [-0.15, -0.1) is 0 Å². The van der Waals surface area contributed by atoms with Crippen LogP contribution in [-0.4, -0.2) is 28.6 Å². The third kappa shape index (κ3) is 5.21. The molecule has 0 saturated heterocycles. The molecule has 0 aromatic heterocycles. The second-order valence-electron chi connectivity index (χ2n) is 5.98. The summed E-state index contributed by atoms with van der Waals surface area (Å²) in [5.41, 5.74) is 0.744. The normalized spacial score (nSPS) is 11.2. The van der Waals surface area contributed by atoms with Gasteiger partial charge in [0, 0.05) is 18.1 Å². The molecule has 7 heteroatoms. The zero-order valence-corrected chi connectivity index (χ0v) is 15.3. The number of carbonyl (C=O) groups excluding carboxylic acids is 4. The Balaban J connectivity index is 2.07. The fourth-order valence-electron chi connectivity index (χ4n) is 2.09. The van der Waals surface area contributed by atoms with E-state index in [9.17, 15) is 24.3 Å². The van der Waals surface area contributed by atoms with Crippen molar-refractivity contribution in [2.24, 2.45) is 0 Å². The van der Waals surface area contributed by atoms with Crippen LogP contribution in [0.3, 0.4) is 0 Å². The summed E-state index contributed by atoms with van der Waals surface area (Å²) >= 11 is 0. The van der Waals surface area contributed by atoms with Crippen LogP contribution in [0.5, 0.6) is 11.5 Å². The van der Waals surface area contributed by atoms with Gasteiger partial charge in [-0.05, 0) is 48.9 Å². The van der Waals surface area contributed by atoms with Crippen LogP contribution in [0.4, 0.5) is 0 Å². The summed E-state index contributed by atoms with van der Waals surface area (Å²) in [4.78, 5) is 46.1. The second-order valence-corrected chi connectivity index (χ2v) is 5.98. The third-order valence-corrected chi connectivity index (χ3v) is 3.64. The van der Waals surface area contributed by atoms with Crippen molar-refractivity contribution in [1.29, 1.82) is 0 Å². The number of aliphatic hydroxyl groups excluding tert-OH is 1. The molecule has 2 aromatic rings. The highest BCUT2D eigenvalue weighted by Gasteiger charge is 2.20. The topological polar surface area (TPSA) is 107 Å². The van der Waals surface area contributed by atoms with Gasteiger partial charge < -0.3 is 14.6 Å². The maximum absolute atomic E-state index is 12.4. The van der Waals surface area contributed by atoms with Crippen molar-refractivity contribution in [3.63, 3.8) is 0 Å². The minimum absolute atomic E-state index is 0.118. The predicted molar refractivity (Wildman–Crippen MR) is 98.9 cm³/mol. The lowest BCUT2D eigenvalue weighted by atomic mass is 10.00. The molecule has 0 aliphatic heterocycles. The lowest BCUT2D eigenvalue weighted by Crippen LogP contribution is -2.17. The monoisotopic (exact) mass is 382 g/mol. The molecule has 28 heavy (non-hydrogen) atoms. The second kappa shape index (κ2) is 8.88. The number of aliphatic hydroxyl groups is 1. The molecule has 0 bridgehead atoms. The summed E-state index contributed by atoms with van der Waals surface area (Å²) in [6.07, 6.45) is -1.44. The number of rotatable bonds is 7. The maximum Gasteiger partial charge on any atom is 0.379 e. The van der Waals surface area contributed by atoms with Gasteiger partial charge in [-0.3, -0.25) is 9.59 Å². The largest absolute Gasteiger partial charge is 0.423 e. The number of Topliss-reactive ketones (excluding diaryl/α,β-unsaturated/α-hetero) is 2. The molecule has 1 N–H and O–H groups in total. The Kier molecular flexibility index (Phi) is 6.57. The first-order valence-corrected chi connectivity index (χ1v) is 8.21. The number of hydrogen-bond acceptors (Lipinski definition) is 7. The van der Waals surface area contributed by atoms with Crippen LogP contribution in [0.2, 0.25) is 0 Å². The Morgan fingerprint density at radius 2 is 1.29 bits per heavy atom. The highest BCUT2D eigenvalue weighted by atomic mass is 16.5. The Hall–Kier alpha value is -3.58. The van der Waals surface area contributed by atoms with Crippen molar-refractivity contribution in [1.82, 2.24) is 0 Å². The van der Waals surface area contributed by atoms with Crippen molar-refractivity contribution >= 4 is 23.5 Å². The average molecular weight is 382 g/mol. The summed E-state index contributed by atoms with van der Waals surface area (Å²) in [5.74, 6) is -2.52.